The summed E-state index contributed by atoms with van der Waals surface area (Å²) in [5.41, 5.74) is 2.68. The van der Waals surface area contributed by atoms with Gasteiger partial charge in [0.15, 0.2) is 0 Å². The van der Waals surface area contributed by atoms with Crippen molar-refractivity contribution in [3.8, 4) is 5.75 Å². The molecule has 0 aliphatic rings. The molecule has 4 aromatic rings. The predicted octanol–water partition coefficient (Wildman–Crippen LogP) is 5.23. The molecule has 0 atom stereocenters. The Bertz CT molecular complexity index is 1440. The second-order valence-electron chi connectivity index (χ2n) is 8.08. The average molecular weight is 475 g/mol. The molecule has 0 aromatic heterocycles. The minimum absolute atomic E-state index is 0.0504. The van der Waals surface area contributed by atoms with Gasteiger partial charge in [-0.05, 0) is 48.7 Å². The molecule has 0 radical (unpaired) electrons. The van der Waals surface area contributed by atoms with E-state index in [1.54, 1.807) is 42.5 Å². The van der Waals surface area contributed by atoms with E-state index in [1.807, 2.05) is 49.4 Å². The lowest BCUT2D eigenvalue weighted by molar-refractivity contribution is 0.102. The number of hydrogen-bond donors (Lipinski definition) is 1. The Hall–Kier alpha value is -3.68. The van der Waals surface area contributed by atoms with Gasteiger partial charge in [-0.1, -0.05) is 54.1 Å². The molecule has 0 aliphatic heterocycles. The Morgan fingerprint density at radius 1 is 0.941 bits per heavy atom. The van der Waals surface area contributed by atoms with E-state index in [0.717, 1.165) is 16.3 Å². The quantitative estimate of drug-likeness (QED) is 0.398. The lowest BCUT2D eigenvalue weighted by Gasteiger charge is -2.19. The molecule has 0 saturated carbocycles. The van der Waals surface area contributed by atoms with E-state index in [0.29, 0.717) is 22.6 Å². The van der Waals surface area contributed by atoms with Crippen LogP contribution in [0.1, 0.15) is 21.5 Å². The van der Waals surface area contributed by atoms with Crippen molar-refractivity contribution in [2.45, 2.75) is 18.4 Å². The summed E-state index contributed by atoms with van der Waals surface area (Å²) in [4.78, 5) is 13.3. The number of aryl methyl sites for hydroxylation is 1. The number of anilines is 1. The molecular formula is C27H26N2O4S. The first-order valence-electron chi connectivity index (χ1n) is 10.8. The van der Waals surface area contributed by atoms with Crippen LogP contribution >= 0.6 is 0 Å². The third kappa shape index (κ3) is 4.81. The summed E-state index contributed by atoms with van der Waals surface area (Å²) in [6.07, 6.45) is 0. The highest BCUT2D eigenvalue weighted by Crippen LogP contribution is 2.27. The molecule has 0 spiro atoms. The van der Waals surface area contributed by atoms with Crippen LogP contribution in [0, 0.1) is 6.92 Å². The average Bonchev–Trinajstić information content (AvgIpc) is 2.84. The van der Waals surface area contributed by atoms with Crippen molar-refractivity contribution in [1.82, 2.24) is 4.31 Å². The second-order valence-corrected chi connectivity index (χ2v) is 10.1. The molecule has 1 amide bonds. The highest BCUT2D eigenvalue weighted by molar-refractivity contribution is 7.89. The van der Waals surface area contributed by atoms with E-state index in [1.165, 1.54) is 18.5 Å². The topological polar surface area (TPSA) is 75.7 Å². The van der Waals surface area contributed by atoms with Gasteiger partial charge in [0.25, 0.3) is 5.91 Å². The van der Waals surface area contributed by atoms with Gasteiger partial charge in [-0.15, -0.1) is 0 Å². The van der Waals surface area contributed by atoms with Crippen LogP contribution in [0.2, 0.25) is 0 Å². The zero-order valence-electron chi connectivity index (χ0n) is 19.3. The maximum atomic E-state index is 13.1. The fourth-order valence-corrected chi connectivity index (χ4v) is 4.94. The van der Waals surface area contributed by atoms with E-state index < -0.39 is 10.0 Å². The first-order valence-corrected chi connectivity index (χ1v) is 12.2. The Morgan fingerprint density at radius 2 is 1.65 bits per heavy atom. The normalized spacial score (nSPS) is 11.5. The van der Waals surface area contributed by atoms with E-state index >= 15 is 0 Å². The van der Waals surface area contributed by atoms with Crippen molar-refractivity contribution in [2.24, 2.45) is 0 Å². The SMILES string of the molecule is COc1ccc(C(=O)Nc2cccc3ccccc23)cc1CN(C)S(=O)(=O)c1ccc(C)cc1. The summed E-state index contributed by atoms with van der Waals surface area (Å²) in [5.74, 6) is 0.219. The minimum Gasteiger partial charge on any atom is -0.496 e. The third-order valence-electron chi connectivity index (χ3n) is 5.70. The number of hydrogen-bond acceptors (Lipinski definition) is 4. The summed E-state index contributed by atoms with van der Waals surface area (Å²) in [6, 6.07) is 25.3. The zero-order chi connectivity index (χ0) is 24.3. The first-order chi connectivity index (χ1) is 16.3. The predicted molar refractivity (Wildman–Crippen MR) is 135 cm³/mol. The summed E-state index contributed by atoms with van der Waals surface area (Å²) in [6.45, 7) is 1.95. The Balaban J connectivity index is 1.60. The highest BCUT2D eigenvalue weighted by Gasteiger charge is 2.22. The lowest BCUT2D eigenvalue weighted by Crippen LogP contribution is -2.27. The van der Waals surface area contributed by atoms with Crippen LogP contribution in [0.15, 0.2) is 89.8 Å². The molecule has 7 heteroatoms. The molecule has 6 nitrogen and oxygen atoms in total. The molecule has 0 saturated heterocycles. The number of carbonyl (C=O) groups excluding carboxylic acids is 1. The van der Waals surface area contributed by atoms with Gasteiger partial charge in [0, 0.05) is 35.8 Å². The Kier molecular flexibility index (Phi) is 6.68. The van der Waals surface area contributed by atoms with Gasteiger partial charge in [-0.3, -0.25) is 4.79 Å². The molecular weight excluding hydrogens is 448 g/mol. The molecule has 4 rings (SSSR count). The number of sulfonamides is 1. The number of methoxy groups -OCH3 is 1. The monoisotopic (exact) mass is 474 g/mol. The number of carbonyl (C=O) groups is 1. The maximum absolute atomic E-state index is 13.1. The molecule has 1 N–H and O–H groups in total. The second kappa shape index (κ2) is 9.67. The smallest absolute Gasteiger partial charge is 0.255 e. The molecule has 0 unspecified atom stereocenters. The maximum Gasteiger partial charge on any atom is 0.255 e. The number of nitrogens with one attached hydrogen (secondary N) is 1. The number of benzene rings is 4. The van der Waals surface area contributed by atoms with Crippen molar-refractivity contribution in [1.29, 1.82) is 0 Å². The van der Waals surface area contributed by atoms with Gasteiger partial charge in [-0.25, -0.2) is 8.42 Å². The van der Waals surface area contributed by atoms with Crippen molar-refractivity contribution in [3.63, 3.8) is 0 Å². The van der Waals surface area contributed by atoms with Crippen LogP contribution in [-0.2, 0) is 16.6 Å². The van der Waals surface area contributed by atoms with Crippen LogP contribution in [-0.4, -0.2) is 32.8 Å². The van der Waals surface area contributed by atoms with Gasteiger partial charge < -0.3 is 10.1 Å². The Labute approximate surface area is 199 Å². The van der Waals surface area contributed by atoms with E-state index in [9.17, 15) is 13.2 Å². The fraction of sp³-hybridized carbons (Fsp3) is 0.148. The van der Waals surface area contributed by atoms with Crippen LogP contribution < -0.4 is 10.1 Å². The molecule has 34 heavy (non-hydrogen) atoms. The molecule has 0 heterocycles. The van der Waals surface area contributed by atoms with Crippen LogP contribution in [0.5, 0.6) is 5.75 Å². The van der Waals surface area contributed by atoms with Gasteiger partial charge in [0.2, 0.25) is 10.0 Å². The van der Waals surface area contributed by atoms with E-state index in [4.69, 9.17) is 4.74 Å². The summed E-state index contributed by atoms with van der Waals surface area (Å²) >= 11 is 0. The van der Waals surface area contributed by atoms with Crippen LogP contribution in [0.3, 0.4) is 0 Å². The van der Waals surface area contributed by atoms with E-state index in [2.05, 4.69) is 5.32 Å². The molecule has 0 aliphatic carbocycles. The summed E-state index contributed by atoms with van der Waals surface area (Å²) in [7, 11) is -0.679. The number of fused-ring (bicyclic) bond motifs is 1. The number of ether oxygens (including phenoxy) is 1. The van der Waals surface area contributed by atoms with Crippen molar-refractivity contribution < 1.29 is 17.9 Å². The minimum atomic E-state index is -3.71. The largest absolute Gasteiger partial charge is 0.496 e. The van der Waals surface area contributed by atoms with Crippen molar-refractivity contribution in [3.05, 3.63) is 102 Å². The summed E-state index contributed by atoms with van der Waals surface area (Å²) < 4.78 is 32.8. The standard InChI is InChI=1S/C27H26N2O4S/c1-19-11-14-23(15-12-19)34(31,32)29(2)18-22-17-21(13-16-26(22)33-3)27(30)28-25-10-6-8-20-7-4-5-9-24(20)25/h4-17H,18H2,1-3H3,(H,28,30). The molecule has 174 valence electrons. The molecule has 0 fully saturated rings. The van der Waals surface area contributed by atoms with Gasteiger partial charge >= 0.3 is 0 Å². The number of rotatable bonds is 7. The fourth-order valence-electron chi connectivity index (χ4n) is 3.79. The van der Waals surface area contributed by atoms with Gasteiger partial charge in [-0.2, -0.15) is 4.31 Å². The number of nitrogens with zero attached hydrogens (tertiary/aromatic N) is 1. The lowest BCUT2D eigenvalue weighted by atomic mass is 10.1. The first kappa shape index (κ1) is 23.5. The van der Waals surface area contributed by atoms with E-state index in [-0.39, 0.29) is 17.3 Å². The molecule has 0 bridgehead atoms. The third-order valence-corrected chi connectivity index (χ3v) is 7.52. The van der Waals surface area contributed by atoms with Crippen molar-refractivity contribution in [2.75, 3.05) is 19.5 Å². The molecule has 4 aromatic carbocycles. The van der Waals surface area contributed by atoms with Gasteiger partial charge in [0.1, 0.15) is 5.75 Å². The van der Waals surface area contributed by atoms with Crippen molar-refractivity contribution >= 4 is 32.4 Å². The number of amides is 1. The van der Waals surface area contributed by atoms with Gasteiger partial charge in [0.05, 0.1) is 12.0 Å². The summed E-state index contributed by atoms with van der Waals surface area (Å²) in [5, 5.41) is 4.94. The Morgan fingerprint density at radius 3 is 2.38 bits per heavy atom. The van der Waals surface area contributed by atoms with Crippen LogP contribution in [0.4, 0.5) is 5.69 Å². The zero-order valence-corrected chi connectivity index (χ0v) is 20.1. The van der Waals surface area contributed by atoms with Crippen LogP contribution in [0.25, 0.3) is 10.8 Å². The highest BCUT2D eigenvalue weighted by atomic mass is 32.2.